The molecule has 1 aliphatic carbocycles. The van der Waals surface area contributed by atoms with Crippen LogP contribution in [0.25, 0.3) is 10.9 Å². The zero-order valence-corrected chi connectivity index (χ0v) is 16.9. The van der Waals surface area contributed by atoms with E-state index >= 15 is 0 Å². The molecule has 0 radical (unpaired) electrons. The highest BCUT2D eigenvalue weighted by molar-refractivity contribution is 5.90. The Bertz CT molecular complexity index is 1050. The monoisotopic (exact) mass is 415 g/mol. The molecule has 0 bridgehead atoms. The van der Waals surface area contributed by atoms with Crippen LogP contribution in [-0.4, -0.2) is 21.0 Å². The van der Waals surface area contributed by atoms with E-state index in [9.17, 15) is 13.2 Å². The molecule has 1 saturated carbocycles. The van der Waals surface area contributed by atoms with Gasteiger partial charge in [-0.15, -0.1) is 0 Å². The molecule has 5 nitrogen and oxygen atoms in total. The average Bonchev–Trinajstić information content (AvgIpc) is 3.21. The number of benzene rings is 1. The zero-order valence-electron chi connectivity index (χ0n) is 16.9. The van der Waals surface area contributed by atoms with Gasteiger partial charge in [-0.2, -0.15) is 0 Å². The number of nitrogens with zero attached hydrogens (tertiary/aromatic N) is 3. The van der Waals surface area contributed by atoms with E-state index in [-0.39, 0.29) is 5.56 Å². The van der Waals surface area contributed by atoms with Crippen LogP contribution in [0.1, 0.15) is 62.0 Å². The quantitative estimate of drug-likeness (QED) is 0.522. The minimum atomic E-state index is -2.87. The van der Waals surface area contributed by atoms with E-state index in [2.05, 4.69) is 25.6 Å². The standard InChI is InChI=1S/C22H24F3N5/c1-12(15-8-5-9-16(20(15)23)21(24)25)27-22-17-10-19(30-14-6-3-4-7-14)26-11-18(17)28-13(2)29-22/h5,8-12,14,21H,3-4,6-7H2,1-2H3,(H,26,30)(H,27,28,29)/t12-/m1/s1. The van der Waals surface area contributed by atoms with Crippen molar-refractivity contribution in [2.75, 3.05) is 10.6 Å². The van der Waals surface area contributed by atoms with Crippen LogP contribution >= 0.6 is 0 Å². The fourth-order valence-electron chi connectivity index (χ4n) is 3.97. The normalized spacial score (nSPS) is 15.7. The van der Waals surface area contributed by atoms with Gasteiger partial charge in [0.2, 0.25) is 0 Å². The molecular weight excluding hydrogens is 391 g/mol. The highest BCUT2D eigenvalue weighted by Gasteiger charge is 2.21. The molecular formula is C22H24F3N5. The van der Waals surface area contributed by atoms with Crippen molar-refractivity contribution in [3.05, 3.63) is 53.2 Å². The van der Waals surface area contributed by atoms with E-state index in [0.717, 1.165) is 30.1 Å². The molecule has 4 rings (SSSR count). The van der Waals surface area contributed by atoms with E-state index in [1.807, 2.05) is 6.07 Å². The van der Waals surface area contributed by atoms with Gasteiger partial charge in [0.15, 0.2) is 0 Å². The third kappa shape index (κ3) is 4.17. The zero-order chi connectivity index (χ0) is 21.3. The lowest BCUT2D eigenvalue weighted by Crippen LogP contribution is -2.16. The number of halogens is 3. The first kappa shape index (κ1) is 20.4. The van der Waals surface area contributed by atoms with Crippen molar-refractivity contribution in [2.24, 2.45) is 0 Å². The van der Waals surface area contributed by atoms with Crippen LogP contribution in [0, 0.1) is 12.7 Å². The second-order valence-electron chi connectivity index (χ2n) is 7.75. The maximum Gasteiger partial charge on any atom is 0.266 e. The first-order valence-corrected chi connectivity index (χ1v) is 10.2. The predicted octanol–water partition coefficient (Wildman–Crippen LogP) is 5.94. The molecule has 0 aliphatic heterocycles. The molecule has 3 aromatic rings. The van der Waals surface area contributed by atoms with Crippen molar-refractivity contribution in [3.8, 4) is 0 Å². The fraction of sp³-hybridized carbons (Fsp3) is 0.409. The Balaban J connectivity index is 1.66. The summed E-state index contributed by atoms with van der Waals surface area (Å²) in [5.74, 6) is 0.900. The summed E-state index contributed by atoms with van der Waals surface area (Å²) in [5, 5.41) is 7.37. The van der Waals surface area contributed by atoms with Gasteiger partial charge in [0.05, 0.1) is 23.3 Å². The predicted molar refractivity (Wildman–Crippen MR) is 111 cm³/mol. The molecule has 1 aromatic carbocycles. The van der Waals surface area contributed by atoms with Gasteiger partial charge in [0.25, 0.3) is 6.43 Å². The van der Waals surface area contributed by atoms with Crippen LogP contribution in [0.4, 0.5) is 24.8 Å². The minimum absolute atomic E-state index is 0.163. The summed E-state index contributed by atoms with van der Waals surface area (Å²) >= 11 is 0. The number of aromatic nitrogens is 3. The lowest BCUT2D eigenvalue weighted by Gasteiger charge is -2.19. The number of hydrogen-bond donors (Lipinski definition) is 2. The van der Waals surface area contributed by atoms with Crippen molar-refractivity contribution in [1.82, 2.24) is 15.0 Å². The van der Waals surface area contributed by atoms with E-state index in [1.165, 1.54) is 25.0 Å². The first-order valence-electron chi connectivity index (χ1n) is 10.2. The molecule has 2 N–H and O–H groups in total. The maximum atomic E-state index is 14.6. The van der Waals surface area contributed by atoms with Crippen LogP contribution in [0.2, 0.25) is 0 Å². The highest BCUT2D eigenvalue weighted by Crippen LogP contribution is 2.31. The number of aryl methyl sites for hydroxylation is 1. The van der Waals surface area contributed by atoms with Crippen LogP contribution in [0.15, 0.2) is 30.5 Å². The second kappa shape index (κ2) is 8.45. The third-order valence-electron chi connectivity index (χ3n) is 5.51. The van der Waals surface area contributed by atoms with E-state index in [0.29, 0.717) is 23.2 Å². The minimum Gasteiger partial charge on any atom is -0.367 e. The van der Waals surface area contributed by atoms with Gasteiger partial charge in [-0.05, 0) is 32.8 Å². The van der Waals surface area contributed by atoms with Crippen LogP contribution in [0.5, 0.6) is 0 Å². The van der Waals surface area contributed by atoms with Gasteiger partial charge in [-0.25, -0.2) is 28.1 Å². The van der Waals surface area contributed by atoms with E-state index in [1.54, 1.807) is 20.0 Å². The molecule has 0 unspecified atom stereocenters. The lowest BCUT2D eigenvalue weighted by atomic mass is 10.0. The molecule has 0 spiro atoms. The molecule has 2 aromatic heterocycles. The Kier molecular flexibility index (Phi) is 5.74. The topological polar surface area (TPSA) is 62.7 Å². The average molecular weight is 415 g/mol. The van der Waals surface area contributed by atoms with E-state index < -0.39 is 23.8 Å². The highest BCUT2D eigenvalue weighted by atomic mass is 19.3. The van der Waals surface area contributed by atoms with Gasteiger partial charge in [0.1, 0.15) is 23.3 Å². The van der Waals surface area contributed by atoms with Crippen LogP contribution < -0.4 is 10.6 Å². The number of anilines is 2. The van der Waals surface area contributed by atoms with Crippen molar-refractivity contribution >= 4 is 22.5 Å². The maximum absolute atomic E-state index is 14.6. The third-order valence-corrected chi connectivity index (χ3v) is 5.51. The summed E-state index contributed by atoms with van der Waals surface area (Å²) < 4.78 is 40.7. The molecule has 0 amide bonds. The molecule has 8 heteroatoms. The summed E-state index contributed by atoms with van der Waals surface area (Å²) in [6.07, 6.45) is 3.48. The Labute approximate surface area is 173 Å². The SMILES string of the molecule is Cc1nc(N[C@H](C)c2cccc(C(F)F)c2F)c2cc(NC3CCCC3)ncc2n1. The molecule has 1 fully saturated rings. The molecule has 158 valence electrons. The molecule has 1 atom stereocenters. The Morgan fingerprint density at radius 2 is 1.83 bits per heavy atom. The smallest absolute Gasteiger partial charge is 0.266 e. The van der Waals surface area contributed by atoms with Gasteiger partial charge >= 0.3 is 0 Å². The largest absolute Gasteiger partial charge is 0.367 e. The molecule has 0 saturated heterocycles. The first-order chi connectivity index (χ1) is 14.4. The van der Waals surface area contributed by atoms with Gasteiger partial charge < -0.3 is 10.6 Å². The molecule has 2 heterocycles. The van der Waals surface area contributed by atoms with Gasteiger partial charge in [0, 0.05) is 17.0 Å². The van der Waals surface area contributed by atoms with Gasteiger partial charge in [-0.1, -0.05) is 31.0 Å². The number of nitrogens with one attached hydrogen (secondary N) is 2. The van der Waals surface area contributed by atoms with Crippen LogP contribution in [0.3, 0.4) is 0 Å². The number of fused-ring (bicyclic) bond motifs is 1. The summed E-state index contributed by atoms with van der Waals surface area (Å²) in [4.78, 5) is 13.4. The van der Waals surface area contributed by atoms with E-state index in [4.69, 9.17) is 0 Å². The van der Waals surface area contributed by atoms with Crippen LogP contribution in [-0.2, 0) is 0 Å². The second-order valence-corrected chi connectivity index (χ2v) is 7.75. The summed E-state index contributed by atoms with van der Waals surface area (Å²) in [5.41, 5.74) is 0.226. The van der Waals surface area contributed by atoms with Crippen molar-refractivity contribution in [2.45, 2.75) is 58.0 Å². The molecule has 30 heavy (non-hydrogen) atoms. The molecule has 1 aliphatic rings. The van der Waals surface area contributed by atoms with Crippen molar-refractivity contribution < 1.29 is 13.2 Å². The fourth-order valence-corrected chi connectivity index (χ4v) is 3.97. The number of hydrogen-bond acceptors (Lipinski definition) is 5. The number of alkyl halides is 2. The summed E-state index contributed by atoms with van der Waals surface area (Å²) in [6, 6.07) is 5.77. The van der Waals surface area contributed by atoms with Crippen molar-refractivity contribution in [3.63, 3.8) is 0 Å². The Morgan fingerprint density at radius 1 is 1.10 bits per heavy atom. The van der Waals surface area contributed by atoms with Gasteiger partial charge in [-0.3, -0.25) is 0 Å². The summed E-state index contributed by atoms with van der Waals surface area (Å²) in [6.45, 7) is 3.48. The summed E-state index contributed by atoms with van der Waals surface area (Å²) in [7, 11) is 0. The number of rotatable bonds is 6. The number of pyridine rings is 1. The Morgan fingerprint density at radius 3 is 2.57 bits per heavy atom. The van der Waals surface area contributed by atoms with Crippen molar-refractivity contribution in [1.29, 1.82) is 0 Å². The lowest BCUT2D eigenvalue weighted by molar-refractivity contribution is 0.146. The Hall–Kier alpha value is -2.90.